The number of nitrogens with one attached hydrogen (secondary N) is 2. The van der Waals surface area contributed by atoms with E-state index >= 15 is 0 Å². The summed E-state index contributed by atoms with van der Waals surface area (Å²) in [6, 6.07) is 0. The van der Waals surface area contributed by atoms with E-state index < -0.39 is 0 Å². The summed E-state index contributed by atoms with van der Waals surface area (Å²) in [6.45, 7) is 9.45. The van der Waals surface area contributed by atoms with Crippen LogP contribution in [0.15, 0.2) is 0 Å². The van der Waals surface area contributed by atoms with E-state index in [1.54, 1.807) is 7.05 Å². The van der Waals surface area contributed by atoms with E-state index in [1.165, 1.54) is 0 Å². The van der Waals surface area contributed by atoms with Crippen LogP contribution in [0.25, 0.3) is 0 Å². The molecule has 2 rings (SSSR count). The summed E-state index contributed by atoms with van der Waals surface area (Å²) in [4.78, 5) is 28.4. The van der Waals surface area contributed by atoms with Gasteiger partial charge in [0, 0.05) is 39.8 Å². The fourth-order valence-corrected chi connectivity index (χ4v) is 3.34. The molecule has 2 aliphatic rings. The summed E-state index contributed by atoms with van der Waals surface area (Å²) in [7, 11) is 1.65. The highest BCUT2D eigenvalue weighted by Crippen LogP contribution is 2.36. The van der Waals surface area contributed by atoms with Crippen molar-refractivity contribution in [3.8, 4) is 0 Å². The predicted molar refractivity (Wildman–Crippen MR) is 81.8 cm³/mol. The topological polar surface area (TPSA) is 64.7 Å². The number of piperazine rings is 1. The molecule has 6 nitrogen and oxygen atoms in total. The third-order valence-electron chi connectivity index (χ3n) is 5.02. The molecule has 2 fully saturated rings. The minimum absolute atomic E-state index is 0.0356. The first-order valence-corrected chi connectivity index (χ1v) is 7.92. The molecule has 0 aromatic carbocycles. The molecule has 21 heavy (non-hydrogen) atoms. The van der Waals surface area contributed by atoms with Crippen LogP contribution in [0.4, 0.5) is 0 Å². The van der Waals surface area contributed by atoms with Crippen molar-refractivity contribution in [3.63, 3.8) is 0 Å². The summed E-state index contributed by atoms with van der Waals surface area (Å²) >= 11 is 0. The van der Waals surface area contributed by atoms with E-state index in [2.05, 4.69) is 29.4 Å². The van der Waals surface area contributed by atoms with Gasteiger partial charge in [0.05, 0.1) is 12.0 Å². The van der Waals surface area contributed by atoms with Crippen LogP contribution < -0.4 is 10.6 Å². The maximum Gasteiger partial charge on any atom is 0.233 e. The van der Waals surface area contributed by atoms with E-state index in [1.807, 2.05) is 4.90 Å². The highest BCUT2D eigenvalue weighted by atomic mass is 16.2. The van der Waals surface area contributed by atoms with Crippen molar-refractivity contribution >= 4 is 11.8 Å². The van der Waals surface area contributed by atoms with Crippen LogP contribution in [0.3, 0.4) is 0 Å². The number of rotatable bonds is 4. The molecule has 2 N–H and O–H groups in total. The first-order valence-electron chi connectivity index (χ1n) is 7.92. The lowest BCUT2D eigenvalue weighted by atomic mass is 9.75. The van der Waals surface area contributed by atoms with Crippen molar-refractivity contribution in [3.05, 3.63) is 0 Å². The maximum atomic E-state index is 12.9. The molecule has 2 amide bonds. The van der Waals surface area contributed by atoms with Crippen LogP contribution in [-0.2, 0) is 9.59 Å². The molecule has 0 radical (unpaired) electrons. The van der Waals surface area contributed by atoms with Crippen LogP contribution in [-0.4, -0.2) is 74.5 Å². The van der Waals surface area contributed by atoms with E-state index in [-0.39, 0.29) is 11.3 Å². The number of hydrogen-bond acceptors (Lipinski definition) is 4. The second-order valence-corrected chi connectivity index (χ2v) is 6.48. The molecule has 6 heteroatoms. The normalized spacial score (nSPS) is 27.1. The monoisotopic (exact) mass is 296 g/mol. The van der Waals surface area contributed by atoms with Gasteiger partial charge in [-0.2, -0.15) is 0 Å². The molecule has 0 aliphatic carbocycles. The molecule has 0 bridgehead atoms. The zero-order valence-electron chi connectivity index (χ0n) is 13.4. The summed E-state index contributed by atoms with van der Waals surface area (Å²) in [5.74, 6) is 0.680. The van der Waals surface area contributed by atoms with E-state index in [9.17, 15) is 9.59 Å². The third kappa shape index (κ3) is 3.37. The van der Waals surface area contributed by atoms with Gasteiger partial charge in [-0.05, 0) is 18.9 Å². The maximum absolute atomic E-state index is 12.9. The Kier molecular flexibility index (Phi) is 5.22. The Hall–Kier alpha value is -1.14. The Morgan fingerprint density at radius 3 is 2.38 bits per heavy atom. The summed E-state index contributed by atoms with van der Waals surface area (Å²) in [5.41, 5.74) is -0.233. The fraction of sp³-hybridized carbons (Fsp3) is 0.867. The molecule has 1 atom stereocenters. The van der Waals surface area contributed by atoms with Gasteiger partial charge in [-0.25, -0.2) is 0 Å². The molecule has 2 saturated heterocycles. The first-order chi connectivity index (χ1) is 9.99. The molecule has 120 valence electrons. The highest BCUT2D eigenvalue weighted by molar-refractivity contribution is 5.84. The Morgan fingerprint density at radius 1 is 1.24 bits per heavy atom. The lowest BCUT2D eigenvalue weighted by Crippen LogP contribution is -2.56. The van der Waals surface area contributed by atoms with Crippen LogP contribution in [0.2, 0.25) is 0 Å². The van der Waals surface area contributed by atoms with Gasteiger partial charge in [-0.1, -0.05) is 13.8 Å². The zero-order chi connectivity index (χ0) is 15.5. The number of hydrogen-bond donors (Lipinski definition) is 2. The molecular formula is C15H28N4O2. The van der Waals surface area contributed by atoms with E-state index in [0.717, 1.165) is 45.7 Å². The van der Waals surface area contributed by atoms with Crippen molar-refractivity contribution < 1.29 is 9.59 Å². The van der Waals surface area contributed by atoms with Gasteiger partial charge in [0.25, 0.3) is 0 Å². The van der Waals surface area contributed by atoms with Gasteiger partial charge in [-0.15, -0.1) is 0 Å². The largest absolute Gasteiger partial charge is 0.358 e. The fourth-order valence-electron chi connectivity index (χ4n) is 3.34. The van der Waals surface area contributed by atoms with Crippen molar-refractivity contribution in [2.75, 3.05) is 52.9 Å². The third-order valence-corrected chi connectivity index (χ3v) is 5.02. The Morgan fingerprint density at radius 2 is 1.90 bits per heavy atom. The van der Waals surface area contributed by atoms with Crippen LogP contribution in [0, 0.1) is 11.3 Å². The second-order valence-electron chi connectivity index (χ2n) is 6.48. The Labute approximate surface area is 127 Å². The van der Waals surface area contributed by atoms with Gasteiger partial charge < -0.3 is 15.5 Å². The average Bonchev–Trinajstić information content (AvgIpc) is 2.98. The molecule has 0 aromatic heterocycles. The van der Waals surface area contributed by atoms with E-state index in [0.29, 0.717) is 18.4 Å². The van der Waals surface area contributed by atoms with Crippen molar-refractivity contribution in [2.45, 2.75) is 20.3 Å². The van der Waals surface area contributed by atoms with Gasteiger partial charge >= 0.3 is 0 Å². The molecule has 2 heterocycles. The smallest absolute Gasteiger partial charge is 0.233 e. The lowest BCUT2D eigenvalue weighted by molar-refractivity contribution is -0.145. The Bertz CT molecular complexity index is 383. The molecular weight excluding hydrogens is 268 g/mol. The SMILES string of the molecule is CNC(=O)CN1CCN(C(=O)C2(C(C)C)CCNC2)CC1. The summed E-state index contributed by atoms with van der Waals surface area (Å²) in [6.07, 6.45) is 0.932. The molecule has 0 spiro atoms. The standard InChI is InChI=1S/C15H28N4O2/c1-12(2)15(4-5-17-11-15)14(21)19-8-6-18(7-9-19)10-13(20)16-3/h12,17H,4-11H2,1-3H3,(H,16,20). The number of carbonyl (C=O) groups is 2. The summed E-state index contributed by atoms with van der Waals surface area (Å²) < 4.78 is 0. The van der Waals surface area contributed by atoms with Crippen molar-refractivity contribution in [1.82, 2.24) is 20.4 Å². The number of nitrogens with zero attached hydrogens (tertiary/aromatic N) is 2. The van der Waals surface area contributed by atoms with Crippen molar-refractivity contribution in [2.24, 2.45) is 11.3 Å². The highest BCUT2D eigenvalue weighted by Gasteiger charge is 2.46. The molecule has 0 aromatic rings. The Balaban J connectivity index is 1.92. The second kappa shape index (κ2) is 6.75. The molecule has 1 unspecified atom stereocenters. The molecule has 2 aliphatic heterocycles. The van der Waals surface area contributed by atoms with Crippen molar-refractivity contribution in [1.29, 1.82) is 0 Å². The van der Waals surface area contributed by atoms with Gasteiger partial charge in [0.1, 0.15) is 0 Å². The number of carbonyl (C=O) groups excluding carboxylic acids is 2. The van der Waals surface area contributed by atoms with Gasteiger partial charge in [-0.3, -0.25) is 14.5 Å². The average molecular weight is 296 g/mol. The number of likely N-dealkylation sites (N-methyl/N-ethyl adjacent to an activating group) is 1. The minimum atomic E-state index is -0.233. The van der Waals surface area contributed by atoms with Crippen LogP contribution >= 0.6 is 0 Å². The first kappa shape index (κ1) is 16.2. The lowest BCUT2D eigenvalue weighted by Gasteiger charge is -2.41. The van der Waals surface area contributed by atoms with Gasteiger partial charge in [0.2, 0.25) is 11.8 Å². The van der Waals surface area contributed by atoms with E-state index in [4.69, 9.17) is 0 Å². The quantitative estimate of drug-likeness (QED) is 0.735. The van der Waals surface area contributed by atoms with Crippen LogP contribution in [0.1, 0.15) is 20.3 Å². The minimum Gasteiger partial charge on any atom is -0.358 e. The molecule has 0 saturated carbocycles. The predicted octanol–water partition coefficient (Wildman–Crippen LogP) is -0.488. The zero-order valence-corrected chi connectivity index (χ0v) is 13.4. The van der Waals surface area contributed by atoms with Gasteiger partial charge in [0.15, 0.2) is 0 Å². The summed E-state index contributed by atoms with van der Waals surface area (Å²) in [5, 5.41) is 5.99. The number of amides is 2. The van der Waals surface area contributed by atoms with Crippen LogP contribution in [0.5, 0.6) is 0 Å².